The highest BCUT2D eigenvalue weighted by atomic mass is 16.3. The van der Waals surface area contributed by atoms with E-state index in [9.17, 15) is 5.11 Å². The monoisotopic (exact) mass is 278 g/mol. The Morgan fingerprint density at radius 1 is 0.952 bits per heavy atom. The number of hydrogen-bond donors (Lipinski definition) is 1. The number of hydrogen-bond acceptors (Lipinski definition) is 2. The van der Waals surface area contributed by atoms with Crippen molar-refractivity contribution in [2.75, 3.05) is 0 Å². The van der Waals surface area contributed by atoms with Gasteiger partial charge in [-0.1, -0.05) is 54.6 Å². The molecular formula is C18H18N2O. The summed E-state index contributed by atoms with van der Waals surface area (Å²) in [6.45, 7) is 2.41. The van der Waals surface area contributed by atoms with Crippen molar-refractivity contribution in [1.29, 1.82) is 0 Å². The molecule has 0 radical (unpaired) electrons. The largest absolute Gasteiger partial charge is 0.386 e. The van der Waals surface area contributed by atoms with E-state index in [4.69, 9.17) is 0 Å². The SMILES string of the molecule is Cc1ccn(CC(O)c2ccc(-c3ccccc3)cc2)n1. The lowest BCUT2D eigenvalue weighted by Crippen LogP contribution is -2.09. The molecule has 0 saturated heterocycles. The maximum atomic E-state index is 10.3. The van der Waals surface area contributed by atoms with Crippen LogP contribution in [0.15, 0.2) is 66.9 Å². The summed E-state index contributed by atoms with van der Waals surface area (Å²) < 4.78 is 1.77. The third-order valence-electron chi connectivity index (χ3n) is 3.54. The molecule has 3 aromatic rings. The Labute approximate surface area is 124 Å². The van der Waals surface area contributed by atoms with Crippen LogP contribution in [0.2, 0.25) is 0 Å². The number of aromatic nitrogens is 2. The van der Waals surface area contributed by atoms with Crippen LogP contribution in [-0.2, 0) is 6.54 Å². The van der Waals surface area contributed by atoms with Crippen molar-refractivity contribution in [3.63, 3.8) is 0 Å². The van der Waals surface area contributed by atoms with Crippen LogP contribution < -0.4 is 0 Å². The van der Waals surface area contributed by atoms with Crippen molar-refractivity contribution in [2.24, 2.45) is 0 Å². The minimum atomic E-state index is -0.547. The number of rotatable bonds is 4. The van der Waals surface area contributed by atoms with Crippen LogP contribution in [-0.4, -0.2) is 14.9 Å². The Hall–Kier alpha value is -2.39. The third-order valence-corrected chi connectivity index (χ3v) is 3.54. The van der Waals surface area contributed by atoms with Gasteiger partial charge in [0.15, 0.2) is 0 Å². The molecule has 0 spiro atoms. The molecule has 1 atom stereocenters. The summed E-state index contributed by atoms with van der Waals surface area (Å²) in [4.78, 5) is 0. The lowest BCUT2D eigenvalue weighted by atomic mass is 10.0. The van der Waals surface area contributed by atoms with Crippen LogP contribution in [0.25, 0.3) is 11.1 Å². The molecule has 3 rings (SSSR count). The lowest BCUT2D eigenvalue weighted by Gasteiger charge is -2.12. The molecule has 0 fully saturated rings. The highest BCUT2D eigenvalue weighted by Crippen LogP contribution is 2.22. The zero-order chi connectivity index (χ0) is 14.7. The van der Waals surface area contributed by atoms with Crippen molar-refractivity contribution >= 4 is 0 Å². The quantitative estimate of drug-likeness (QED) is 0.792. The van der Waals surface area contributed by atoms with E-state index in [1.165, 1.54) is 5.56 Å². The van der Waals surface area contributed by atoms with Gasteiger partial charge >= 0.3 is 0 Å². The first-order valence-corrected chi connectivity index (χ1v) is 7.06. The summed E-state index contributed by atoms with van der Waals surface area (Å²) in [7, 11) is 0. The smallest absolute Gasteiger partial charge is 0.0985 e. The van der Waals surface area contributed by atoms with Crippen molar-refractivity contribution in [3.05, 3.63) is 78.1 Å². The fraction of sp³-hybridized carbons (Fsp3) is 0.167. The summed E-state index contributed by atoms with van der Waals surface area (Å²) >= 11 is 0. The molecule has 21 heavy (non-hydrogen) atoms. The molecule has 0 amide bonds. The van der Waals surface area contributed by atoms with Gasteiger partial charge < -0.3 is 5.11 Å². The fourth-order valence-corrected chi connectivity index (χ4v) is 2.38. The van der Waals surface area contributed by atoms with E-state index >= 15 is 0 Å². The van der Waals surface area contributed by atoms with E-state index in [1.807, 2.05) is 61.7 Å². The summed E-state index contributed by atoms with van der Waals surface area (Å²) in [5.41, 5.74) is 4.20. The number of aryl methyl sites for hydroxylation is 1. The average Bonchev–Trinajstić information content (AvgIpc) is 2.93. The van der Waals surface area contributed by atoms with Crippen LogP contribution in [0.4, 0.5) is 0 Å². The van der Waals surface area contributed by atoms with Gasteiger partial charge in [-0.3, -0.25) is 4.68 Å². The summed E-state index contributed by atoms with van der Waals surface area (Å²) in [5.74, 6) is 0. The fourth-order valence-electron chi connectivity index (χ4n) is 2.38. The van der Waals surface area contributed by atoms with Crippen molar-refractivity contribution in [2.45, 2.75) is 19.6 Å². The molecule has 0 saturated carbocycles. The average molecular weight is 278 g/mol. The minimum absolute atomic E-state index is 0.471. The molecule has 3 nitrogen and oxygen atoms in total. The number of nitrogens with zero attached hydrogens (tertiary/aromatic N) is 2. The van der Waals surface area contributed by atoms with Gasteiger partial charge in [0, 0.05) is 6.20 Å². The molecule has 0 bridgehead atoms. The standard InChI is InChI=1S/C18H18N2O/c1-14-11-12-20(19-14)13-18(21)17-9-7-16(8-10-17)15-5-3-2-4-6-15/h2-12,18,21H,13H2,1H3. The van der Waals surface area contributed by atoms with E-state index in [0.717, 1.165) is 16.8 Å². The highest BCUT2D eigenvalue weighted by molar-refractivity contribution is 5.63. The maximum Gasteiger partial charge on any atom is 0.0985 e. The van der Waals surface area contributed by atoms with Crippen LogP contribution in [0.3, 0.4) is 0 Å². The molecule has 106 valence electrons. The van der Waals surface area contributed by atoms with Gasteiger partial charge in [0.2, 0.25) is 0 Å². The van der Waals surface area contributed by atoms with Gasteiger partial charge in [-0.15, -0.1) is 0 Å². The molecular weight excluding hydrogens is 260 g/mol. The van der Waals surface area contributed by atoms with Gasteiger partial charge in [-0.05, 0) is 29.7 Å². The number of benzene rings is 2. The van der Waals surface area contributed by atoms with Gasteiger partial charge in [-0.2, -0.15) is 5.10 Å². The summed E-state index contributed by atoms with van der Waals surface area (Å²) in [5, 5.41) is 14.6. The number of aliphatic hydroxyl groups is 1. The van der Waals surface area contributed by atoms with Gasteiger partial charge in [-0.25, -0.2) is 0 Å². The van der Waals surface area contributed by atoms with Gasteiger partial charge in [0.1, 0.15) is 0 Å². The van der Waals surface area contributed by atoms with E-state index in [1.54, 1.807) is 4.68 Å². The zero-order valence-electron chi connectivity index (χ0n) is 12.0. The first-order chi connectivity index (χ1) is 10.2. The van der Waals surface area contributed by atoms with E-state index in [0.29, 0.717) is 6.54 Å². The zero-order valence-corrected chi connectivity index (χ0v) is 12.0. The first kappa shape index (κ1) is 13.6. The summed E-state index contributed by atoms with van der Waals surface area (Å²) in [6.07, 6.45) is 1.34. The Morgan fingerprint density at radius 3 is 2.24 bits per heavy atom. The molecule has 1 N–H and O–H groups in total. The van der Waals surface area contributed by atoms with Gasteiger partial charge in [0.25, 0.3) is 0 Å². The second-order valence-electron chi connectivity index (χ2n) is 5.18. The van der Waals surface area contributed by atoms with E-state index in [2.05, 4.69) is 17.2 Å². The van der Waals surface area contributed by atoms with Crippen LogP contribution in [0.5, 0.6) is 0 Å². The maximum absolute atomic E-state index is 10.3. The molecule has 1 heterocycles. The van der Waals surface area contributed by atoms with Crippen molar-refractivity contribution in [1.82, 2.24) is 9.78 Å². The molecule has 3 heteroatoms. The van der Waals surface area contributed by atoms with Crippen molar-refractivity contribution < 1.29 is 5.11 Å². The Bertz CT molecular complexity index is 702. The Balaban J connectivity index is 1.74. The van der Waals surface area contributed by atoms with Gasteiger partial charge in [0.05, 0.1) is 18.3 Å². The predicted octanol–water partition coefficient (Wildman–Crippen LogP) is 3.59. The molecule has 0 aliphatic heterocycles. The molecule has 0 aliphatic carbocycles. The summed E-state index contributed by atoms with van der Waals surface area (Å²) in [6, 6.07) is 20.2. The molecule has 1 unspecified atom stereocenters. The van der Waals surface area contributed by atoms with Crippen LogP contribution in [0, 0.1) is 6.92 Å². The predicted molar refractivity (Wildman–Crippen MR) is 83.8 cm³/mol. The van der Waals surface area contributed by atoms with E-state index in [-0.39, 0.29) is 0 Å². The Kier molecular flexibility index (Phi) is 3.84. The normalized spacial score (nSPS) is 12.3. The van der Waals surface area contributed by atoms with E-state index < -0.39 is 6.10 Å². The molecule has 2 aromatic carbocycles. The molecule has 1 aromatic heterocycles. The van der Waals surface area contributed by atoms with Crippen LogP contribution in [0.1, 0.15) is 17.4 Å². The third kappa shape index (κ3) is 3.20. The minimum Gasteiger partial charge on any atom is -0.386 e. The second-order valence-corrected chi connectivity index (χ2v) is 5.18. The highest BCUT2D eigenvalue weighted by Gasteiger charge is 2.09. The first-order valence-electron chi connectivity index (χ1n) is 7.06. The lowest BCUT2D eigenvalue weighted by molar-refractivity contribution is 0.151. The van der Waals surface area contributed by atoms with Crippen molar-refractivity contribution in [3.8, 4) is 11.1 Å². The Morgan fingerprint density at radius 2 is 1.62 bits per heavy atom. The molecule has 0 aliphatic rings. The second kappa shape index (κ2) is 5.94. The van der Waals surface area contributed by atoms with Crippen LogP contribution >= 0.6 is 0 Å². The topological polar surface area (TPSA) is 38.0 Å². The number of aliphatic hydroxyl groups excluding tert-OH is 1.